The number of nitrogens with zero attached hydrogens (tertiary/aromatic N) is 2. The number of anilines is 1. The van der Waals surface area contributed by atoms with Crippen LogP contribution in [0.3, 0.4) is 0 Å². The van der Waals surface area contributed by atoms with E-state index < -0.39 is 18.7 Å². The number of hydrogen-bond donors (Lipinski definition) is 0. The predicted octanol–water partition coefficient (Wildman–Crippen LogP) is 3.42. The second-order valence-electron chi connectivity index (χ2n) is 3.88. The molecule has 21 heavy (non-hydrogen) atoms. The fourth-order valence-electron chi connectivity index (χ4n) is 1.65. The summed E-state index contributed by atoms with van der Waals surface area (Å²) in [6, 6.07) is 4.03. The van der Waals surface area contributed by atoms with Crippen molar-refractivity contribution in [2.75, 3.05) is 11.9 Å². The Morgan fingerprint density at radius 1 is 1.38 bits per heavy atom. The molecule has 0 aliphatic carbocycles. The number of aromatic nitrogens is 1. The van der Waals surface area contributed by atoms with Gasteiger partial charge in [0.05, 0.1) is 10.1 Å². The number of amides is 1. The quantitative estimate of drug-likeness (QED) is 0.812. The molecular formula is C11H7F5N2O2S. The van der Waals surface area contributed by atoms with Crippen molar-refractivity contribution in [3.05, 3.63) is 18.2 Å². The summed E-state index contributed by atoms with van der Waals surface area (Å²) in [5, 5.41) is -0.0668. The maximum atomic E-state index is 12.4. The average molecular weight is 326 g/mol. The van der Waals surface area contributed by atoms with Crippen LogP contribution in [0.25, 0.3) is 10.1 Å². The van der Waals surface area contributed by atoms with Crippen molar-refractivity contribution in [1.29, 1.82) is 0 Å². The Labute approximate surface area is 118 Å². The first-order valence-corrected chi connectivity index (χ1v) is 6.17. The lowest BCUT2D eigenvalue weighted by molar-refractivity contribution is -0.170. The highest BCUT2D eigenvalue weighted by molar-refractivity contribution is 7.13. The van der Waals surface area contributed by atoms with Crippen LogP contribution in [-0.2, 0) is 4.79 Å². The molecule has 1 aromatic heterocycles. The SMILES string of the molecule is CN(C(=O)C(F)(F)F)c1nsc2cccc(OC(F)F)c12. The highest BCUT2D eigenvalue weighted by Gasteiger charge is 2.42. The number of rotatable bonds is 3. The fraction of sp³-hybridized carbons (Fsp3) is 0.273. The van der Waals surface area contributed by atoms with Crippen molar-refractivity contribution in [2.45, 2.75) is 12.8 Å². The van der Waals surface area contributed by atoms with Gasteiger partial charge in [0.1, 0.15) is 5.75 Å². The van der Waals surface area contributed by atoms with Crippen LogP contribution in [0.15, 0.2) is 18.2 Å². The maximum absolute atomic E-state index is 12.4. The number of hydrogen-bond acceptors (Lipinski definition) is 4. The van der Waals surface area contributed by atoms with E-state index in [1.165, 1.54) is 12.1 Å². The Morgan fingerprint density at radius 2 is 2.05 bits per heavy atom. The number of fused-ring (bicyclic) bond motifs is 1. The molecule has 10 heteroatoms. The van der Waals surface area contributed by atoms with Crippen LogP contribution in [0.5, 0.6) is 5.75 Å². The zero-order chi connectivity index (χ0) is 15.8. The fourth-order valence-corrected chi connectivity index (χ4v) is 2.48. The Bertz CT molecular complexity index is 670. The third kappa shape index (κ3) is 3.04. The molecule has 1 amide bonds. The summed E-state index contributed by atoms with van der Waals surface area (Å²) in [5.74, 6) is -2.87. The summed E-state index contributed by atoms with van der Waals surface area (Å²) in [6.07, 6.45) is -5.09. The van der Waals surface area contributed by atoms with Crippen LogP contribution in [-0.4, -0.2) is 30.1 Å². The normalized spacial score (nSPS) is 12.0. The van der Waals surface area contributed by atoms with Crippen molar-refractivity contribution in [3.8, 4) is 5.75 Å². The lowest BCUT2D eigenvalue weighted by Crippen LogP contribution is -2.38. The van der Waals surface area contributed by atoms with Gasteiger partial charge in [0, 0.05) is 7.05 Å². The number of benzene rings is 1. The van der Waals surface area contributed by atoms with Crippen molar-refractivity contribution in [3.63, 3.8) is 0 Å². The topological polar surface area (TPSA) is 42.4 Å². The first-order valence-electron chi connectivity index (χ1n) is 5.40. The molecular weight excluding hydrogens is 319 g/mol. The highest BCUT2D eigenvalue weighted by Crippen LogP contribution is 2.38. The van der Waals surface area contributed by atoms with Crippen molar-refractivity contribution in [1.82, 2.24) is 4.37 Å². The molecule has 4 nitrogen and oxygen atoms in total. The maximum Gasteiger partial charge on any atom is 0.471 e. The van der Waals surface area contributed by atoms with Gasteiger partial charge in [-0.25, -0.2) is 0 Å². The lowest BCUT2D eigenvalue weighted by atomic mass is 10.2. The zero-order valence-electron chi connectivity index (χ0n) is 10.3. The van der Waals surface area contributed by atoms with E-state index in [4.69, 9.17) is 0 Å². The Kier molecular flexibility index (Phi) is 3.99. The van der Waals surface area contributed by atoms with E-state index in [0.717, 1.165) is 24.6 Å². The molecule has 0 saturated heterocycles. The minimum atomic E-state index is -5.09. The van der Waals surface area contributed by atoms with Crippen LogP contribution in [0, 0.1) is 0 Å². The smallest absolute Gasteiger partial charge is 0.434 e. The van der Waals surface area contributed by atoms with Crippen molar-refractivity contribution < 1.29 is 31.5 Å². The van der Waals surface area contributed by atoms with E-state index in [-0.39, 0.29) is 21.9 Å². The van der Waals surface area contributed by atoms with Gasteiger partial charge in [0.2, 0.25) is 0 Å². The Morgan fingerprint density at radius 3 is 2.62 bits per heavy atom. The van der Waals surface area contributed by atoms with Crippen molar-refractivity contribution in [2.24, 2.45) is 0 Å². The number of carbonyl (C=O) groups is 1. The van der Waals surface area contributed by atoms with E-state index in [2.05, 4.69) is 9.11 Å². The number of halogens is 5. The van der Waals surface area contributed by atoms with Gasteiger partial charge in [0.25, 0.3) is 0 Å². The summed E-state index contributed by atoms with van der Waals surface area (Å²) >= 11 is 0.775. The van der Waals surface area contributed by atoms with E-state index in [1.54, 1.807) is 0 Å². The van der Waals surface area contributed by atoms with Gasteiger partial charge in [0.15, 0.2) is 5.82 Å². The van der Waals surface area contributed by atoms with Gasteiger partial charge >= 0.3 is 18.7 Å². The summed E-state index contributed by atoms with van der Waals surface area (Å²) in [7, 11) is 0.865. The van der Waals surface area contributed by atoms with Crippen LogP contribution in [0.1, 0.15) is 0 Å². The van der Waals surface area contributed by atoms with Crippen LogP contribution in [0.4, 0.5) is 27.8 Å². The molecule has 0 aliphatic rings. The van der Waals surface area contributed by atoms with Gasteiger partial charge in [-0.05, 0) is 23.7 Å². The van der Waals surface area contributed by atoms with Crippen molar-refractivity contribution >= 4 is 33.3 Å². The highest BCUT2D eigenvalue weighted by atomic mass is 32.1. The molecule has 0 unspecified atom stereocenters. The molecule has 0 aliphatic heterocycles. The summed E-state index contributed by atoms with van der Waals surface area (Å²) < 4.78 is 70.3. The minimum Gasteiger partial charge on any atom is -0.434 e. The molecule has 2 rings (SSSR count). The molecule has 114 valence electrons. The second kappa shape index (κ2) is 5.43. The summed E-state index contributed by atoms with van der Waals surface area (Å²) in [6.45, 7) is -3.15. The summed E-state index contributed by atoms with van der Waals surface area (Å²) in [5.41, 5.74) is 0. The molecule has 0 fully saturated rings. The molecule has 0 N–H and O–H groups in total. The molecule has 0 radical (unpaired) electrons. The van der Waals surface area contributed by atoms with Gasteiger partial charge in [-0.15, -0.1) is 0 Å². The standard InChI is InChI=1S/C11H7F5N2O2S/c1-18(9(19)11(14,15)16)8-7-5(20-10(12)13)3-2-4-6(7)21-17-8/h2-4,10H,1H3. The van der Waals surface area contributed by atoms with Gasteiger partial charge < -0.3 is 4.74 Å². The Balaban J connectivity index is 2.52. The molecule has 1 aromatic carbocycles. The van der Waals surface area contributed by atoms with Crippen LogP contribution < -0.4 is 9.64 Å². The number of alkyl halides is 5. The first-order chi connectivity index (χ1) is 9.71. The summed E-state index contributed by atoms with van der Waals surface area (Å²) in [4.78, 5) is 11.5. The molecule has 0 bridgehead atoms. The second-order valence-corrected chi connectivity index (χ2v) is 4.68. The monoisotopic (exact) mass is 326 g/mol. The van der Waals surface area contributed by atoms with E-state index in [9.17, 15) is 26.7 Å². The van der Waals surface area contributed by atoms with E-state index in [0.29, 0.717) is 4.70 Å². The largest absolute Gasteiger partial charge is 0.471 e. The third-order valence-electron chi connectivity index (χ3n) is 2.52. The van der Waals surface area contributed by atoms with Gasteiger partial charge in [-0.2, -0.15) is 26.3 Å². The number of ether oxygens (including phenoxy) is 1. The predicted molar refractivity (Wildman–Crippen MR) is 65.7 cm³/mol. The van der Waals surface area contributed by atoms with Crippen LogP contribution >= 0.6 is 11.5 Å². The molecule has 0 saturated carbocycles. The average Bonchev–Trinajstić information content (AvgIpc) is 2.80. The Hall–Kier alpha value is -1.97. The van der Waals surface area contributed by atoms with Gasteiger partial charge in [-0.3, -0.25) is 9.69 Å². The zero-order valence-corrected chi connectivity index (χ0v) is 11.1. The first kappa shape index (κ1) is 15.4. The molecule has 1 heterocycles. The van der Waals surface area contributed by atoms with Gasteiger partial charge in [-0.1, -0.05) is 6.07 Å². The molecule has 0 atom stereocenters. The van der Waals surface area contributed by atoms with E-state index in [1.807, 2.05) is 0 Å². The van der Waals surface area contributed by atoms with Crippen LogP contribution in [0.2, 0.25) is 0 Å². The molecule has 0 spiro atoms. The van der Waals surface area contributed by atoms with E-state index >= 15 is 0 Å². The molecule has 2 aromatic rings. The number of carbonyl (C=O) groups excluding carboxylic acids is 1. The third-order valence-corrected chi connectivity index (χ3v) is 3.32. The minimum absolute atomic E-state index is 0.0668. The lowest BCUT2D eigenvalue weighted by Gasteiger charge is -2.17.